The lowest BCUT2D eigenvalue weighted by molar-refractivity contribution is -0.159. The fourth-order valence-corrected chi connectivity index (χ4v) is 3.95. The van der Waals surface area contributed by atoms with E-state index in [-0.39, 0.29) is 5.91 Å². The molecule has 0 aliphatic carbocycles. The van der Waals surface area contributed by atoms with Crippen LogP contribution in [0, 0.1) is 0 Å². The van der Waals surface area contributed by atoms with Crippen LogP contribution < -0.4 is 14.2 Å². The predicted molar refractivity (Wildman–Crippen MR) is 143 cm³/mol. The van der Waals surface area contributed by atoms with Crippen LogP contribution in [-0.4, -0.2) is 78.3 Å². The van der Waals surface area contributed by atoms with E-state index in [0.29, 0.717) is 25.3 Å². The van der Waals surface area contributed by atoms with Crippen molar-refractivity contribution in [2.24, 2.45) is 0 Å². The van der Waals surface area contributed by atoms with Crippen molar-refractivity contribution in [1.82, 2.24) is 9.80 Å². The van der Waals surface area contributed by atoms with Crippen LogP contribution in [0.1, 0.15) is 21.5 Å². The quantitative estimate of drug-likeness (QED) is 0.417. The van der Waals surface area contributed by atoms with E-state index >= 15 is 0 Å². The van der Waals surface area contributed by atoms with Gasteiger partial charge in [0.1, 0.15) is 12.4 Å². The van der Waals surface area contributed by atoms with E-state index in [1.165, 1.54) is 0 Å². The van der Waals surface area contributed by atoms with Crippen molar-refractivity contribution >= 4 is 17.8 Å². The summed E-state index contributed by atoms with van der Waals surface area (Å²) in [6.45, 7) is 4.36. The molecule has 0 aromatic heterocycles. The zero-order valence-electron chi connectivity index (χ0n) is 21.9. The third-order valence-corrected chi connectivity index (χ3v) is 6.05. The molecule has 0 radical (unpaired) electrons. The van der Waals surface area contributed by atoms with Gasteiger partial charge in [0, 0.05) is 38.3 Å². The van der Waals surface area contributed by atoms with Crippen molar-refractivity contribution < 1.29 is 38.8 Å². The topological polar surface area (TPSA) is 126 Å². The van der Waals surface area contributed by atoms with Crippen LogP contribution in [0.25, 0.3) is 0 Å². The lowest BCUT2D eigenvalue weighted by Gasteiger charge is -2.35. The highest BCUT2D eigenvalue weighted by atomic mass is 16.5. The molecule has 1 amide bonds. The van der Waals surface area contributed by atoms with Crippen LogP contribution in [0.5, 0.6) is 17.2 Å². The maximum Gasteiger partial charge on any atom is 0.414 e. The molecule has 39 heavy (non-hydrogen) atoms. The van der Waals surface area contributed by atoms with Crippen molar-refractivity contribution in [2.45, 2.75) is 13.2 Å². The Bertz CT molecular complexity index is 1230. The summed E-state index contributed by atoms with van der Waals surface area (Å²) in [5, 5.41) is 14.8. The Balaban J connectivity index is 0.000000631. The van der Waals surface area contributed by atoms with Gasteiger partial charge in [-0.15, -0.1) is 0 Å². The Kier molecular flexibility index (Phi) is 10.7. The average molecular weight is 537 g/mol. The molecule has 1 aliphatic rings. The molecule has 4 rings (SSSR count). The van der Waals surface area contributed by atoms with Gasteiger partial charge in [0.15, 0.2) is 11.5 Å². The van der Waals surface area contributed by atoms with Crippen molar-refractivity contribution in [1.29, 1.82) is 0 Å². The second-order valence-electron chi connectivity index (χ2n) is 8.67. The minimum Gasteiger partial charge on any atom is -0.497 e. The second-order valence-corrected chi connectivity index (χ2v) is 8.67. The summed E-state index contributed by atoms with van der Waals surface area (Å²) in [4.78, 5) is 35.3. The number of aliphatic carboxylic acids is 2. The molecule has 3 aromatic carbocycles. The normalized spacial score (nSPS) is 13.0. The van der Waals surface area contributed by atoms with Crippen molar-refractivity contribution in [2.75, 3.05) is 40.4 Å². The lowest BCUT2D eigenvalue weighted by Crippen LogP contribution is -2.48. The monoisotopic (exact) mass is 536 g/mol. The van der Waals surface area contributed by atoms with Crippen LogP contribution in [-0.2, 0) is 22.7 Å². The fraction of sp³-hybridized carbons (Fsp3) is 0.276. The first-order valence-corrected chi connectivity index (χ1v) is 12.3. The van der Waals surface area contributed by atoms with Gasteiger partial charge in [0.2, 0.25) is 0 Å². The maximum absolute atomic E-state index is 12.8. The Hall–Kier alpha value is -4.57. The van der Waals surface area contributed by atoms with Crippen LogP contribution >= 0.6 is 0 Å². The Morgan fingerprint density at radius 3 is 1.95 bits per heavy atom. The summed E-state index contributed by atoms with van der Waals surface area (Å²) < 4.78 is 16.7. The number of rotatable bonds is 8. The summed E-state index contributed by atoms with van der Waals surface area (Å²) in [7, 11) is 3.28. The van der Waals surface area contributed by atoms with E-state index in [1.807, 2.05) is 65.6 Å². The number of hydrogen-bond donors (Lipinski definition) is 2. The van der Waals surface area contributed by atoms with Gasteiger partial charge in [0.05, 0.1) is 14.2 Å². The first kappa shape index (κ1) is 29.0. The second kappa shape index (κ2) is 14.4. The number of nitrogens with zero attached hydrogens (tertiary/aromatic N) is 2. The molecular weight excluding hydrogens is 504 g/mol. The number of carboxylic acids is 2. The molecule has 1 fully saturated rings. The van der Waals surface area contributed by atoms with E-state index in [1.54, 1.807) is 14.2 Å². The SMILES string of the molecule is COc1ccc(C(=O)N2CCN(Cc3ccc(OC)c(OCc4ccccc4)c3)CC2)cc1.O=C(O)C(=O)O. The molecule has 0 spiro atoms. The molecule has 0 saturated carbocycles. The van der Waals surface area contributed by atoms with E-state index < -0.39 is 11.9 Å². The van der Waals surface area contributed by atoms with Crippen molar-refractivity contribution in [3.05, 3.63) is 89.5 Å². The van der Waals surface area contributed by atoms with E-state index in [0.717, 1.165) is 48.0 Å². The molecule has 1 aliphatic heterocycles. The molecule has 2 N–H and O–H groups in total. The van der Waals surface area contributed by atoms with Gasteiger partial charge in [0.25, 0.3) is 5.91 Å². The van der Waals surface area contributed by atoms with Gasteiger partial charge in [-0.25, -0.2) is 9.59 Å². The van der Waals surface area contributed by atoms with Crippen LogP contribution in [0.3, 0.4) is 0 Å². The third-order valence-electron chi connectivity index (χ3n) is 6.05. The van der Waals surface area contributed by atoms with E-state index in [2.05, 4.69) is 17.0 Å². The summed E-state index contributed by atoms with van der Waals surface area (Å²) >= 11 is 0. The number of ether oxygens (including phenoxy) is 3. The molecule has 0 bridgehead atoms. The highest BCUT2D eigenvalue weighted by Crippen LogP contribution is 2.29. The van der Waals surface area contributed by atoms with E-state index in [9.17, 15) is 4.79 Å². The number of carboxylic acid groups (broad SMARTS) is 2. The summed E-state index contributed by atoms with van der Waals surface area (Å²) in [6.07, 6.45) is 0. The molecular formula is C29H32N2O8. The Morgan fingerprint density at radius 1 is 0.744 bits per heavy atom. The Labute approximate surface area is 226 Å². The zero-order chi connectivity index (χ0) is 28.2. The minimum absolute atomic E-state index is 0.0679. The smallest absolute Gasteiger partial charge is 0.414 e. The first-order valence-electron chi connectivity index (χ1n) is 12.3. The van der Waals surface area contributed by atoms with Gasteiger partial charge >= 0.3 is 11.9 Å². The molecule has 3 aromatic rings. The Morgan fingerprint density at radius 2 is 1.38 bits per heavy atom. The van der Waals surface area contributed by atoms with Gasteiger partial charge in [-0.3, -0.25) is 9.69 Å². The van der Waals surface area contributed by atoms with Crippen LogP contribution in [0.2, 0.25) is 0 Å². The average Bonchev–Trinajstić information content (AvgIpc) is 2.97. The molecule has 206 valence electrons. The standard InChI is InChI=1S/C27H30N2O4.C2H2O4/c1-31-24-11-9-23(10-12-24)27(30)29-16-14-28(15-17-29)19-22-8-13-25(32-2)26(18-22)33-20-21-6-4-3-5-7-21;3-1(4)2(5)6/h3-13,18H,14-17,19-20H2,1-2H3;(H,3,4)(H,5,6). The molecule has 10 heteroatoms. The van der Waals surface area contributed by atoms with Gasteiger partial charge in [-0.05, 0) is 47.5 Å². The number of hydrogen-bond acceptors (Lipinski definition) is 7. The fourth-order valence-electron chi connectivity index (χ4n) is 3.95. The van der Waals surface area contributed by atoms with E-state index in [4.69, 9.17) is 34.0 Å². The molecule has 1 heterocycles. The summed E-state index contributed by atoms with van der Waals surface area (Å²) in [5.74, 6) is -1.36. The number of carbonyl (C=O) groups excluding carboxylic acids is 1. The molecule has 0 atom stereocenters. The third kappa shape index (κ3) is 8.75. The number of benzene rings is 3. The number of piperazine rings is 1. The summed E-state index contributed by atoms with van der Waals surface area (Å²) in [6, 6.07) is 23.5. The summed E-state index contributed by atoms with van der Waals surface area (Å²) in [5.41, 5.74) is 2.97. The van der Waals surface area contributed by atoms with Gasteiger partial charge in [-0.2, -0.15) is 0 Å². The predicted octanol–water partition coefficient (Wildman–Crippen LogP) is 3.40. The number of methoxy groups -OCH3 is 2. The highest BCUT2D eigenvalue weighted by molar-refractivity contribution is 6.27. The zero-order valence-corrected chi connectivity index (χ0v) is 21.9. The van der Waals surface area contributed by atoms with Crippen molar-refractivity contribution in [3.63, 3.8) is 0 Å². The highest BCUT2D eigenvalue weighted by Gasteiger charge is 2.22. The molecule has 1 saturated heterocycles. The molecule has 10 nitrogen and oxygen atoms in total. The maximum atomic E-state index is 12.8. The first-order chi connectivity index (χ1) is 18.8. The number of amides is 1. The van der Waals surface area contributed by atoms with Crippen LogP contribution in [0.15, 0.2) is 72.8 Å². The van der Waals surface area contributed by atoms with Gasteiger partial charge in [-0.1, -0.05) is 36.4 Å². The lowest BCUT2D eigenvalue weighted by atomic mass is 10.1. The molecule has 0 unspecified atom stereocenters. The van der Waals surface area contributed by atoms with Crippen molar-refractivity contribution in [3.8, 4) is 17.2 Å². The van der Waals surface area contributed by atoms with Gasteiger partial charge < -0.3 is 29.3 Å². The van der Waals surface area contributed by atoms with Crippen LogP contribution in [0.4, 0.5) is 0 Å². The number of carbonyl (C=O) groups is 3. The minimum atomic E-state index is -1.82. The largest absolute Gasteiger partial charge is 0.497 e.